The quantitative estimate of drug-likeness (QED) is 0.622. The van der Waals surface area contributed by atoms with Crippen LogP contribution in [-0.2, 0) is 27.3 Å². The fourth-order valence-electron chi connectivity index (χ4n) is 3.97. The van der Waals surface area contributed by atoms with Gasteiger partial charge in [-0.05, 0) is 60.4 Å². The number of rotatable bonds is 5. The van der Waals surface area contributed by atoms with Crippen LogP contribution in [-0.4, -0.2) is 35.3 Å². The Kier molecular flexibility index (Phi) is 6.07. The van der Waals surface area contributed by atoms with Crippen LogP contribution in [0.1, 0.15) is 32.8 Å². The number of esters is 1. The summed E-state index contributed by atoms with van der Waals surface area (Å²) in [4.78, 5) is 39.7. The first-order valence-corrected chi connectivity index (χ1v) is 10.4. The first-order chi connectivity index (χ1) is 15.4. The maximum absolute atomic E-state index is 13.0. The molecular formula is C25H24N2O5. The number of carbonyl (C=O) groups is 3. The normalized spacial score (nSPS) is 15.1. The maximum Gasteiger partial charge on any atom is 0.329 e. The molecule has 0 spiro atoms. The van der Waals surface area contributed by atoms with Crippen molar-refractivity contribution in [1.82, 2.24) is 4.90 Å². The van der Waals surface area contributed by atoms with Crippen molar-refractivity contribution < 1.29 is 23.5 Å². The van der Waals surface area contributed by atoms with Gasteiger partial charge in [-0.2, -0.15) is 0 Å². The molecule has 2 heterocycles. The summed E-state index contributed by atoms with van der Waals surface area (Å²) >= 11 is 0. The molecule has 3 aromatic rings. The molecule has 7 heteroatoms. The summed E-state index contributed by atoms with van der Waals surface area (Å²) in [7, 11) is 0. The van der Waals surface area contributed by atoms with Gasteiger partial charge in [0, 0.05) is 18.7 Å². The highest BCUT2D eigenvalue weighted by Crippen LogP contribution is 2.26. The van der Waals surface area contributed by atoms with Gasteiger partial charge in [0.05, 0.1) is 6.26 Å². The van der Waals surface area contributed by atoms with Crippen LogP contribution in [0.3, 0.4) is 0 Å². The fraction of sp³-hybridized carbons (Fsp3) is 0.240. The van der Waals surface area contributed by atoms with Crippen LogP contribution in [0.4, 0.5) is 5.69 Å². The number of aryl methyl sites for hydroxylation is 2. The van der Waals surface area contributed by atoms with Crippen molar-refractivity contribution in [2.45, 2.75) is 32.9 Å². The van der Waals surface area contributed by atoms with Gasteiger partial charge in [-0.15, -0.1) is 0 Å². The number of nitrogens with zero attached hydrogens (tertiary/aromatic N) is 1. The first-order valence-electron chi connectivity index (χ1n) is 10.4. The Hall–Kier alpha value is -3.87. The third-order valence-corrected chi connectivity index (χ3v) is 5.36. The van der Waals surface area contributed by atoms with Crippen LogP contribution in [0.2, 0.25) is 0 Å². The highest BCUT2D eigenvalue weighted by Gasteiger charge is 2.37. The number of nitrogens with one attached hydrogen (secondary N) is 1. The number of fused-ring (bicyclic) bond motifs is 1. The number of hydrogen-bond donors (Lipinski definition) is 1. The largest absolute Gasteiger partial charge is 0.459 e. The Morgan fingerprint density at radius 3 is 2.44 bits per heavy atom. The smallest absolute Gasteiger partial charge is 0.329 e. The van der Waals surface area contributed by atoms with Crippen LogP contribution in [0.15, 0.2) is 65.3 Å². The molecular weight excluding hydrogens is 408 g/mol. The molecule has 2 aromatic carbocycles. The minimum Gasteiger partial charge on any atom is -0.459 e. The first kappa shape index (κ1) is 21.4. The molecule has 1 aromatic heterocycles. The second kappa shape index (κ2) is 9.09. The van der Waals surface area contributed by atoms with E-state index in [1.165, 1.54) is 11.2 Å². The number of hydrogen-bond acceptors (Lipinski definition) is 5. The highest BCUT2D eigenvalue weighted by atomic mass is 16.5. The van der Waals surface area contributed by atoms with Gasteiger partial charge in [-0.25, -0.2) is 4.79 Å². The van der Waals surface area contributed by atoms with E-state index >= 15 is 0 Å². The molecule has 2 amide bonds. The monoisotopic (exact) mass is 432 g/mol. The molecule has 7 nitrogen and oxygen atoms in total. The molecule has 1 atom stereocenters. The number of amides is 2. The number of anilines is 1. The standard InChI is InChI=1S/C25H24N2O5/c1-16-10-17(2)12-20(11-16)26-23(28)15-32-25(30)21-13-18-6-3-4-7-19(18)14-27(21)24(29)22-8-5-9-31-22/h3-12,21H,13-15H2,1-2H3,(H,26,28). The summed E-state index contributed by atoms with van der Waals surface area (Å²) in [6.07, 6.45) is 1.72. The second-order valence-corrected chi connectivity index (χ2v) is 7.93. The van der Waals surface area contributed by atoms with Crippen LogP contribution in [0.5, 0.6) is 0 Å². The predicted octanol–water partition coefficient (Wildman–Crippen LogP) is 3.65. The third kappa shape index (κ3) is 4.72. The van der Waals surface area contributed by atoms with Crippen LogP contribution in [0, 0.1) is 13.8 Å². The molecule has 0 radical (unpaired) electrons. The number of carbonyl (C=O) groups excluding carboxylic acids is 3. The van der Waals surface area contributed by atoms with Gasteiger partial charge in [0.25, 0.3) is 11.8 Å². The molecule has 0 saturated heterocycles. The molecule has 0 bridgehead atoms. The van der Waals surface area contributed by atoms with Crippen molar-refractivity contribution >= 4 is 23.5 Å². The zero-order valence-electron chi connectivity index (χ0n) is 18.0. The zero-order chi connectivity index (χ0) is 22.7. The van der Waals surface area contributed by atoms with Crippen molar-refractivity contribution in [3.8, 4) is 0 Å². The molecule has 164 valence electrons. The predicted molar refractivity (Wildman–Crippen MR) is 118 cm³/mol. The summed E-state index contributed by atoms with van der Waals surface area (Å²) < 4.78 is 10.6. The van der Waals surface area contributed by atoms with E-state index in [2.05, 4.69) is 5.32 Å². The number of benzene rings is 2. The maximum atomic E-state index is 13.0. The SMILES string of the molecule is Cc1cc(C)cc(NC(=O)COC(=O)C2Cc3ccccc3CN2C(=O)c2ccco2)c1. The third-order valence-electron chi connectivity index (χ3n) is 5.36. The van der Waals surface area contributed by atoms with Crippen molar-refractivity contribution in [3.05, 3.63) is 88.9 Å². The van der Waals surface area contributed by atoms with E-state index in [4.69, 9.17) is 9.15 Å². The lowest BCUT2D eigenvalue weighted by atomic mass is 9.93. The van der Waals surface area contributed by atoms with Crippen LogP contribution < -0.4 is 5.32 Å². The molecule has 0 fully saturated rings. The zero-order valence-corrected chi connectivity index (χ0v) is 18.0. The molecule has 1 aliphatic rings. The summed E-state index contributed by atoms with van der Waals surface area (Å²) in [5.74, 6) is -1.32. The van der Waals surface area contributed by atoms with Gasteiger partial charge in [-0.3, -0.25) is 9.59 Å². The average Bonchev–Trinajstić information content (AvgIpc) is 3.30. The lowest BCUT2D eigenvalue weighted by Gasteiger charge is -2.34. The van der Waals surface area contributed by atoms with Gasteiger partial charge in [0.2, 0.25) is 0 Å². The summed E-state index contributed by atoms with van der Waals surface area (Å²) in [6.45, 7) is 3.69. The molecule has 1 unspecified atom stereocenters. The highest BCUT2D eigenvalue weighted by molar-refractivity contribution is 5.96. The summed E-state index contributed by atoms with van der Waals surface area (Å²) in [6, 6.07) is 15.7. The van der Waals surface area contributed by atoms with Gasteiger partial charge in [-0.1, -0.05) is 30.3 Å². The number of ether oxygens (including phenoxy) is 1. The molecule has 1 N–H and O–H groups in total. The molecule has 0 aliphatic carbocycles. The summed E-state index contributed by atoms with van der Waals surface area (Å²) in [5.41, 5.74) is 4.61. The van der Waals surface area contributed by atoms with Gasteiger partial charge >= 0.3 is 5.97 Å². The minimum atomic E-state index is -0.850. The van der Waals surface area contributed by atoms with Crippen LogP contribution >= 0.6 is 0 Å². The lowest BCUT2D eigenvalue weighted by Crippen LogP contribution is -2.49. The average molecular weight is 432 g/mol. The minimum absolute atomic E-state index is 0.148. The Bertz CT molecular complexity index is 1130. The lowest BCUT2D eigenvalue weighted by molar-refractivity contribution is -0.152. The van der Waals surface area contributed by atoms with E-state index in [1.54, 1.807) is 12.1 Å². The Labute approximate surface area is 186 Å². The van der Waals surface area contributed by atoms with Crippen molar-refractivity contribution in [1.29, 1.82) is 0 Å². The topological polar surface area (TPSA) is 88.9 Å². The van der Waals surface area contributed by atoms with E-state index in [-0.39, 0.29) is 12.3 Å². The van der Waals surface area contributed by atoms with E-state index in [1.807, 2.05) is 56.3 Å². The molecule has 1 aliphatic heterocycles. The van der Waals surface area contributed by atoms with Crippen molar-refractivity contribution in [3.63, 3.8) is 0 Å². The second-order valence-electron chi connectivity index (χ2n) is 7.93. The van der Waals surface area contributed by atoms with E-state index in [0.29, 0.717) is 12.1 Å². The number of furan rings is 1. The van der Waals surface area contributed by atoms with Crippen molar-refractivity contribution in [2.24, 2.45) is 0 Å². The van der Waals surface area contributed by atoms with E-state index in [0.717, 1.165) is 22.3 Å². The Morgan fingerprint density at radius 1 is 1.03 bits per heavy atom. The van der Waals surface area contributed by atoms with Gasteiger partial charge in [0.1, 0.15) is 6.04 Å². The molecule has 4 rings (SSSR count). The van der Waals surface area contributed by atoms with Gasteiger partial charge in [0.15, 0.2) is 12.4 Å². The van der Waals surface area contributed by atoms with E-state index in [9.17, 15) is 14.4 Å². The van der Waals surface area contributed by atoms with E-state index < -0.39 is 30.4 Å². The Balaban J connectivity index is 1.46. The van der Waals surface area contributed by atoms with Gasteiger partial charge < -0.3 is 19.4 Å². The summed E-state index contributed by atoms with van der Waals surface area (Å²) in [5, 5.41) is 2.74. The fourth-order valence-corrected chi connectivity index (χ4v) is 3.97. The van der Waals surface area contributed by atoms with Crippen LogP contribution in [0.25, 0.3) is 0 Å². The Morgan fingerprint density at radius 2 is 1.75 bits per heavy atom. The molecule has 0 saturated carbocycles. The molecule has 32 heavy (non-hydrogen) atoms. The van der Waals surface area contributed by atoms with Crippen molar-refractivity contribution in [2.75, 3.05) is 11.9 Å².